The number of carbonyl (C=O) groups excluding carboxylic acids is 3. The largest absolute Gasteiger partial charge is 0.493 e. The van der Waals surface area contributed by atoms with E-state index < -0.39 is 11.1 Å². The number of thioether (sulfide) groups is 1. The highest BCUT2D eigenvalue weighted by atomic mass is 35.5. The fourth-order valence-corrected chi connectivity index (χ4v) is 4.46. The van der Waals surface area contributed by atoms with Crippen molar-refractivity contribution in [1.29, 1.82) is 0 Å². The zero-order valence-electron chi connectivity index (χ0n) is 17.1. The van der Waals surface area contributed by atoms with Gasteiger partial charge in [-0.25, -0.2) is 0 Å². The summed E-state index contributed by atoms with van der Waals surface area (Å²) in [6.07, 6.45) is 5.64. The Bertz CT molecular complexity index is 865. The van der Waals surface area contributed by atoms with Crippen LogP contribution in [0.2, 0.25) is 5.02 Å². The Labute approximate surface area is 185 Å². The second-order valence-corrected chi connectivity index (χ2v) is 8.42. The van der Waals surface area contributed by atoms with Crippen molar-refractivity contribution in [2.24, 2.45) is 0 Å². The minimum atomic E-state index is -0.489. The van der Waals surface area contributed by atoms with Gasteiger partial charge in [0.2, 0.25) is 5.91 Å². The van der Waals surface area contributed by atoms with Crippen molar-refractivity contribution < 1.29 is 23.9 Å². The van der Waals surface area contributed by atoms with E-state index in [-0.39, 0.29) is 17.4 Å². The summed E-state index contributed by atoms with van der Waals surface area (Å²) in [5.74, 6) is 0.291. The molecule has 30 heavy (non-hydrogen) atoms. The Kier molecular flexibility index (Phi) is 7.66. The molecule has 9 heteroatoms. The number of ether oxygens (including phenoxy) is 2. The second kappa shape index (κ2) is 10.2. The summed E-state index contributed by atoms with van der Waals surface area (Å²) in [6.45, 7) is 3.42. The first-order chi connectivity index (χ1) is 14.4. The maximum atomic E-state index is 12.8. The van der Waals surface area contributed by atoms with E-state index in [4.69, 9.17) is 21.1 Å². The molecule has 7 nitrogen and oxygen atoms in total. The molecular formula is C21H25ClN2O5S. The van der Waals surface area contributed by atoms with Gasteiger partial charge in [0, 0.05) is 19.2 Å². The highest BCUT2D eigenvalue weighted by Crippen LogP contribution is 2.37. The molecule has 0 saturated carbocycles. The monoisotopic (exact) mass is 452 g/mol. The van der Waals surface area contributed by atoms with Crippen molar-refractivity contribution in [2.45, 2.75) is 32.6 Å². The Morgan fingerprint density at radius 1 is 1.17 bits per heavy atom. The van der Waals surface area contributed by atoms with E-state index >= 15 is 0 Å². The number of nitrogens with zero attached hydrogens (tertiary/aromatic N) is 2. The molecule has 2 saturated heterocycles. The molecule has 0 N–H and O–H groups in total. The van der Waals surface area contributed by atoms with Gasteiger partial charge < -0.3 is 14.4 Å². The molecule has 0 bridgehead atoms. The number of halogens is 1. The van der Waals surface area contributed by atoms with E-state index in [0.29, 0.717) is 41.8 Å². The number of hydrogen-bond acceptors (Lipinski definition) is 6. The van der Waals surface area contributed by atoms with Gasteiger partial charge in [0.25, 0.3) is 11.1 Å². The number of hydrogen-bond donors (Lipinski definition) is 0. The van der Waals surface area contributed by atoms with Crippen LogP contribution in [0.5, 0.6) is 11.5 Å². The lowest BCUT2D eigenvalue weighted by molar-refractivity contribution is -0.135. The van der Waals surface area contributed by atoms with Gasteiger partial charge >= 0.3 is 0 Å². The number of imide groups is 1. The Balaban J connectivity index is 1.77. The van der Waals surface area contributed by atoms with Crippen LogP contribution < -0.4 is 9.47 Å². The van der Waals surface area contributed by atoms with Crippen molar-refractivity contribution in [1.82, 2.24) is 9.80 Å². The molecule has 3 amide bonds. The first-order valence-electron chi connectivity index (χ1n) is 9.98. The van der Waals surface area contributed by atoms with Crippen LogP contribution in [0.4, 0.5) is 4.79 Å². The summed E-state index contributed by atoms with van der Waals surface area (Å²) in [4.78, 5) is 40.8. The third kappa shape index (κ3) is 5.10. The topological polar surface area (TPSA) is 76.2 Å². The molecule has 2 fully saturated rings. The SMILES string of the molecule is CCOc1cc(Cl)c(C=C2SC(=O)N(CC(=O)N3CCCCCC3)C2=O)cc1OC. The minimum absolute atomic E-state index is 0.193. The Hall–Kier alpha value is -2.19. The number of amides is 3. The molecule has 2 heterocycles. The molecular weight excluding hydrogens is 428 g/mol. The summed E-state index contributed by atoms with van der Waals surface area (Å²) in [7, 11) is 1.51. The normalized spacial score (nSPS) is 18.7. The molecule has 0 spiro atoms. The molecule has 1 aromatic carbocycles. The van der Waals surface area contributed by atoms with Crippen molar-refractivity contribution in [3.8, 4) is 11.5 Å². The lowest BCUT2D eigenvalue weighted by atomic mass is 10.1. The maximum Gasteiger partial charge on any atom is 0.294 e. The van der Waals surface area contributed by atoms with Gasteiger partial charge in [-0.05, 0) is 49.2 Å². The molecule has 0 aliphatic carbocycles. The lowest BCUT2D eigenvalue weighted by Crippen LogP contribution is -2.42. The average molecular weight is 453 g/mol. The third-order valence-corrected chi connectivity index (χ3v) is 6.23. The van der Waals surface area contributed by atoms with E-state index in [1.54, 1.807) is 23.1 Å². The van der Waals surface area contributed by atoms with Crippen LogP contribution in [0.1, 0.15) is 38.2 Å². The van der Waals surface area contributed by atoms with Crippen LogP contribution in [0.15, 0.2) is 17.0 Å². The summed E-state index contributed by atoms with van der Waals surface area (Å²) in [5, 5.41) is -0.0878. The summed E-state index contributed by atoms with van der Waals surface area (Å²) in [5.41, 5.74) is 0.529. The van der Waals surface area contributed by atoms with Gasteiger partial charge in [0.15, 0.2) is 11.5 Å². The smallest absolute Gasteiger partial charge is 0.294 e. The number of carbonyl (C=O) groups is 3. The minimum Gasteiger partial charge on any atom is -0.493 e. The van der Waals surface area contributed by atoms with Gasteiger partial charge in [0.05, 0.1) is 23.6 Å². The fourth-order valence-electron chi connectivity index (χ4n) is 3.42. The van der Waals surface area contributed by atoms with E-state index in [0.717, 1.165) is 42.3 Å². The molecule has 0 unspecified atom stereocenters. The Morgan fingerprint density at radius 2 is 1.87 bits per heavy atom. The average Bonchev–Trinajstić information content (AvgIpc) is 2.92. The highest BCUT2D eigenvalue weighted by Gasteiger charge is 2.37. The molecule has 0 aromatic heterocycles. The standard InChI is InChI=1S/C21H25ClN2O5S/c1-3-29-17-12-15(22)14(10-16(17)28-2)11-18-20(26)24(21(27)30-18)13-19(25)23-8-6-4-5-7-9-23/h10-12H,3-9,13H2,1-2H3. The Morgan fingerprint density at radius 3 is 2.50 bits per heavy atom. The first kappa shape index (κ1) is 22.5. The quantitative estimate of drug-likeness (QED) is 0.602. The van der Waals surface area contributed by atoms with E-state index in [1.807, 2.05) is 6.92 Å². The van der Waals surface area contributed by atoms with Gasteiger partial charge in [-0.2, -0.15) is 0 Å². The van der Waals surface area contributed by atoms with Crippen LogP contribution in [0, 0.1) is 0 Å². The molecule has 0 radical (unpaired) electrons. The van der Waals surface area contributed by atoms with Crippen molar-refractivity contribution in [3.63, 3.8) is 0 Å². The van der Waals surface area contributed by atoms with Crippen LogP contribution >= 0.6 is 23.4 Å². The van der Waals surface area contributed by atoms with E-state index in [1.165, 1.54) is 7.11 Å². The second-order valence-electron chi connectivity index (χ2n) is 7.02. The first-order valence-corrected chi connectivity index (χ1v) is 11.2. The van der Waals surface area contributed by atoms with Gasteiger partial charge in [-0.15, -0.1) is 0 Å². The van der Waals surface area contributed by atoms with Crippen molar-refractivity contribution in [3.05, 3.63) is 27.6 Å². The van der Waals surface area contributed by atoms with Crippen LogP contribution in [0.3, 0.4) is 0 Å². The molecule has 2 aliphatic rings. The molecule has 0 atom stereocenters. The predicted molar refractivity (Wildman–Crippen MR) is 117 cm³/mol. The van der Waals surface area contributed by atoms with Crippen LogP contribution in [-0.4, -0.2) is 60.2 Å². The third-order valence-electron chi connectivity index (χ3n) is 5.00. The van der Waals surface area contributed by atoms with Gasteiger partial charge in [-0.3, -0.25) is 19.3 Å². The van der Waals surface area contributed by atoms with Crippen molar-refractivity contribution in [2.75, 3.05) is 33.4 Å². The number of methoxy groups -OCH3 is 1. The molecule has 1 aromatic rings. The summed E-state index contributed by atoms with van der Waals surface area (Å²) < 4.78 is 10.8. The zero-order chi connectivity index (χ0) is 21.7. The highest BCUT2D eigenvalue weighted by molar-refractivity contribution is 8.18. The fraction of sp³-hybridized carbons (Fsp3) is 0.476. The lowest BCUT2D eigenvalue weighted by Gasteiger charge is -2.22. The van der Waals surface area contributed by atoms with E-state index in [2.05, 4.69) is 0 Å². The van der Waals surface area contributed by atoms with Gasteiger partial charge in [0.1, 0.15) is 6.54 Å². The zero-order valence-corrected chi connectivity index (χ0v) is 18.7. The predicted octanol–water partition coefficient (Wildman–Crippen LogP) is 4.19. The maximum absolute atomic E-state index is 12.8. The van der Waals surface area contributed by atoms with E-state index in [9.17, 15) is 14.4 Å². The molecule has 3 rings (SSSR count). The summed E-state index contributed by atoms with van der Waals surface area (Å²) >= 11 is 7.14. The molecule has 2 aliphatic heterocycles. The van der Waals surface area contributed by atoms with Gasteiger partial charge in [-0.1, -0.05) is 24.4 Å². The number of rotatable bonds is 6. The van der Waals surface area contributed by atoms with Crippen LogP contribution in [0.25, 0.3) is 6.08 Å². The number of benzene rings is 1. The number of likely N-dealkylation sites (tertiary alicyclic amines) is 1. The molecule has 162 valence electrons. The van der Waals surface area contributed by atoms with Crippen LogP contribution in [-0.2, 0) is 9.59 Å². The van der Waals surface area contributed by atoms with Crippen molar-refractivity contribution >= 4 is 46.5 Å². The summed E-state index contributed by atoms with van der Waals surface area (Å²) in [6, 6.07) is 3.27.